The van der Waals surface area contributed by atoms with E-state index in [4.69, 9.17) is 15.0 Å². The number of rotatable bonds is 3. The minimum absolute atomic E-state index is 0.549. The molecule has 0 spiro atoms. The third-order valence-corrected chi connectivity index (χ3v) is 3.04. The lowest BCUT2D eigenvalue weighted by Crippen LogP contribution is -2.34. The molecule has 1 saturated heterocycles. The van der Waals surface area contributed by atoms with Crippen LogP contribution < -0.4 is 0 Å². The van der Waals surface area contributed by atoms with Crippen molar-refractivity contribution in [3.63, 3.8) is 0 Å². The molecule has 1 aromatic rings. The van der Waals surface area contributed by atoms with Crippen LogP contribution in [0.1, 0.15) is 30.4 Å². The van der Waals surface area contributed by atoms with Gasteiger partial charge in [-0.3, -0.25) is 0 Å². The topological polar surface area (TPSA) is 42.2 Å². The van der Waals surface area contributed by atoms with Crippen LogP contribution >= 0.6 is 0 Å². The van der Waals surface area contributed by atoms with Crippen molar-refractivity contribution in [2.75, 3.05) is 6.61 Å². The molecule has 0 amide bonds. The van der Waals surface area contributed by atoms with E-state index in [1.165, 1.54) is 0 Å². The Labute approximate surface area is 101 Å². The molecule has 17 heavy (non-hydrogen) atoms. The first kappa shape index (κ1) is 11.8. The van der Waals surface area contributed by atoms with Gasteiger partial charge in [0.15, 0.2) is 0 Å². The molecule has 1 fully saturated rings. The molecule has 1 heterocycles. The summed E-state index contributed by atoms with van der Waals surface area (Å²) in [6.45, 7) is 4.37. The zero-order valence-electron chi connectivity index (χ0n) is 9.69. The van der Waals surface area contributed by atoms with Gasteiger partial charge in [-0.15, -0.1) is 6.58 Å². The fourth-order valence-corrected chi connectivity index (χ4v) is 2.25. The quantitative estimate of drug-likeness (QED) is 0.591. The summed E-state index contributed by atoms with van der Waals surface area (Å²) in [5.74, 6) is 0. The Balaban J connectivity index is 2.45. The maximum Gasteiger partial charge on any atom is 0.133 e. The van der Waals surface area contributed by atoms with E-state index in [2.05, 4.69) is 12.6 Å². The van der Waals surface area contributed by atoms with Crippen LogP contribution in [0.3, 0.4) is 0 Å². The third kappa shape index (κ3) is 2.23. The van der Waals surface area contributed by atoms with Crippen molar-refractivity contribution >= 4 is 0 Å². The largest absolute Gasteiger partial charge is 0.236 e. The Morgan fingerprint density at radius 3 is 2.94 bits per heavy atom. The second-order valence-electron chi connectivity index (χ2n) is 4.15. The molecule has 88 valence electrons. The summed E-state index contributed by atoms with van der Waals surface area (Å²) < 4.78 is 0. The lowest BCUT2D eigenvalue weighted by Gasteiger charge is -2.35. The molecule has 3 nitrogen and oxygen atoms in total. The van der Waals surface area contributed by atoms with Gasteiger partial charge in [-0.1, -0.05) is 24.3 Å². The van der Waals surface area contributed by atoms with Crippen molar-refractivity contribution in [2.45, 2.75) is 24.9 Å². The molecule has 0 radical (unpaired) electrons. The maximum atomic E-state index is 9.16. The Morgan fingerprint density at radius 1 is 1.47 bits per heavy atom. The van der Waals surface area contributed by atoms with Gasteiger partial charge in [0.1, 0.15) is 5.60 Å². The number of nitriles is 1. The fraction of sp³-hybridized carbons (Fsp3) is 0.357. The predicted octanol–water partition coefficient (Wildman–Crippen LogP) is 3.07. The minimum atomic E-state index is -0.549. The van der Waals surface area contributed by atoms with E-state index in [0.29, 0.717) is 18.6 Å². The average Bonchev–Trinajstić information content (AvgIpc) is 2.40. The SMILES string of the molecule is C=CCC1(c2ccccc2C#N)CCCOO1. The van der Waals surface area contributed by atoms with Crippen LogP contribution in [0.4, 0.5) is 0 Å². The van der Waals surface area contributed by atoms with Gasteiger partial charge in [0.25, 0.3) is 0 Å². The second kappa shape index (κ2) is 5.13. The Kier molecular flexibility index (Phi) is 3.58. The number of nitrogens with zero attached hydrogens (tertiary/aromatic N) is 1. The minimum Gasteiger partial charge on any atom is -0.236 e. The summed E-state index contributed by atoms with van der Waals surface area (Å²) in [4.78, 5) is 10.6. The molecule has 0 aliphatic carbocycles. The van der Waals surface area contributed by atoms with Crippen LogP contribution in [0.25, 0.3) is 0 Å². The predicted molar refractivity (Wildman–Crippen MR) is 63.9 cm³/mol. The number of hydrogen-bond acceptors (Lipinski definition) is 3. The van der Waals surface area contributed by atoms with Crippen molar-refractivity contribution in [3.05, 3.63) is 48.0 Å². The van der Waals surface area contributed by atoms with Crippen molar-refractivity contribution in [1.82, 2.24) is 0 Å². The fourth-order valence-electron chi connectivity index (χ4n) is 2.25. The average molecular weight is 229 g/mol. The first-order chi connectivity index (χ1) is 8.32. The lowest BCUT2D eigenvalue weighted by atomic mass is 9.83. The summed E-state index contributed by atoms with van der Waals surface area (Å²) in [6.07, 6.45) is 4.22. The molecule has 0 saturated carbocycles. The van der Waals surface area contributed by atoms with E-state index < -0.39 is 5.60 Å². The molecule has 1 aliphatic heterocycles. The van der Waals surface area contributed by atoms with Gasteiger partial charge in [0.05, 0.1) is 18.2 Å². The van der Waals surface area contributed by atoms with Crippen LogP contribution in [-0.4, -0.2) is 6.61 Å². The van der Waals surface area contributed by atoms with Crippen LogP contribution in [-0.2, 0) is 15.4 Å². The van der Waals surface area contributed by atoms with Crippen molar-refractivity contribution in [1.29, 1.82) is 5.26 Å². The highest BCUT2D eigenvalue weighted by atomic mass is 17.2. The molecule has 2 rings (SSSR count). The van der Waals surface area contributed by atoms with E-state index in [9.17, 15) is 0 Å². The van der Waals surface area contributed by atoms with E-state index in [1.807, 2.05) is 24.3 Å². The zero-order valence-corrected chi connectivity index (χ0v) is 9.69. The molecular weight excluding hydrogens is 214 g/mol. The lowest BCUT2D eigenvalue weighted by molar-refractivity contribution is -0.389. The number of hydrogen-bond donors (Lipinski definition) is 0. The van der Waals surface area contributed by atoms with Crippen molar-refractivity contribution in [2.24, 2.45) is 0 Å². The van der Waals surface area contributed by atoms with Gasteiger partial charge in [-0.05, 0) is 18.9 Å². The van der Waals surface area contributed by atoms with E-state index >= 15 is 0 Å². The second-order valence-corrected chi connectivity index (χ2v) is 4.15. The van der Waals surface area contributed by atoms with E-state index in [-0.39, 0.29) is 0 Å². The highest BCUT2D eigenvalue weighted by molar-refractivity contribution is 5.41. The van der Waals surface area contributed by atoms with Crippen LogP contribution in [0, 0.1) is 11.3 Å². The van der Waals surface area contributed by atoms with Gasteiger partial charge in [-0.25, -0.2) is 9.78 Å². The summed E-state index contributed by atoms with van der Waals surface area (Å²) in [6, 6.07) is 9.71. The Hall–Kier alpha value is -1.63. The van der Waals surface area contributed by atoms with Gasteiger partial charge in [-0.2, -0.15) is 5.26 Å². The molecule has 1 unspecified atom stereocenters. The Bertz CT molecular complexity index is 442. The highest BCUT2D eigenvalue weighted by Gasteiger charge is 2.37. The molecule has 0 N–H and O–H groups in total. The van der Waals surface area contributed by atoms with Gasteiger partial charge in [0.2, 0.25) is 0 Å². The van der Waals surface area contributed by atoms with E-state index in [1.54, 1.807) is 6.07 Å². The summed E-state index contributed by atoms with van der Waals surface area (Å²) >= 11 is 0. The molecule has 0 aromatic heterocycles. The standard InChI is InChI=1S/C14H15NO2/c1-2-8-14(9-5-10-16-17-14)13-7-4-3-6-12(13)11-15/h2-4,6-7H,1,5,8-10H2. The summed E-state index contributed by atoms with van der Waals surface area (Å²) in [5, 5.41) is 9.16. The molecule has 1 aliphatic rings. The molecule has 0 bridgehead atoms. The highest BCUT2D eigenvalue weighted by Crippen LogP contribution is 2.39. The third-order valence-electron chi connectivity index (χ3n) is 3.04. The van der Waals surface area contributed by atoms with Crippen LogP contribution in [0.2, 0.25) is 0 Å². The van der Waals surface area contributed by atoms with Crippen molar-refractivity contribution in [3.8, 4) is 6.07 Å². The van der Waals surface area contributed by atoms with Gasteiger partial charge in [0, 0.05) is 12.0 Å². The maximum absolute atomic E-state index is 9.16. The Morgan fingerprint density at radius 2 is 2.29 bits per heavy atom. The van der Waals surface area contributed by atoms with Gasteiger partial charge >= 0.3 is 0 Å². The summed E-state index contributed by atoms with van der Waals surface area (Å²) in [7, 11) is 0. The van der Waals surface area contributed by atoms with Crippen LogP contribution in [0.5, 0.6) is 0 Å². The van der Waals surface area contributed by atoms with Gasteiger partial charge < -0.3 is 0 Å². The van der Waals surface area contributed by atoms with Crippen LogP contribution in [0.15, 0.2) is 36.9 Å². The normalized spacial score (nSPS) is 23.9. The molecular formula is C14H15NO2. The molecule has 1 aromatic carbocycles. The summed E-state index contributed by atoms with van der Waals surface area (Å²) in [5.41, 5.74) is 0.980. The zero-order chi connectivity index (χ0) is 12.1. The molecule has 1 atom stereocenters. The van der Waals surface area contributed by atoms with Crippen molar-refractivity contribution < 1.29 is 9.78 Å². The van der Waals surface area contributed by atoms with E-state index in [0.717, 1.165) is 18.4 Å². The first-order valence-corrected chi connectivity index (χ1v) is 5.73. The first-order valence-electron chi connectivity index (χ1n) is 5.73. The smallest absolute Gasteiger partial charge is 0.133 e. The molecule has 3 heteroatoms. The monoisotopic (exact) mass is 229 g/mol. The number of benzene rings is 1.